The summed E-state index contributed by atoms with van der Waals surface area (Å²) in [5, 5.41) is 2.55. The highest BCUT2D eigenvalue weighted by molar-refractivity contribution is 5.94. The van der Waals surface area contributed by atoms with Gasteiger partial charge >= 0.3 is 6.61 Å². The molecule has 1 N–H and O–H groups in total. The molecule has 2 aromatic rings. The van der Waals surface area contributed by atoms with Gasteiger partial charge in [0.2, 0.25) is 0 Å². The molecule has 0 aromatic heterocycles. The summed E-state index contributed by atoms with van der Waals surface area (Å²) in [6.45, 7) is -2.77. The highest BCUT2D eigenvalue weighted by Crippen LogP contribution is 2.17. The maximum atomic E-state index is 13.8. The number of amides is 1. The fraction of sp³-hybridized carbons (Fsp3) is 0.188. The van der Waals surface area contributed by atoms with Crippen molar-refractivity contribution in [2.45, 2.75) is 13.2 Å². The third-order valence-corrected chi connectivity index (χ3v) is 3.02. The standard InChI is InChI=1S/C16H14F3NO3/c1-22-12-6-7-13(14(17)8-12)15(21)20-9-10-2-4-11(5-3-10)23-16(18)19/h2-8,16H,9H2,1H3,(H,20,21). The normalized spacial score (nSPS) is 10.5. The quantitative estimate of drug-likeness (QED) is 0.886. The van der Waals surface area contributed by atoms with E-state index in [2.05, 4.69) is 10.1 Å². The highest BCUT2D eigenvalue weighted by Gasteiger charge is 2.12. The Balaban J connectivity index is 1.96. The van der Waals surface area contributed by atoms with Gasteiger partial charge in [-0.1, -0.05) is 12.1 Å². The minimum atomic E-state index is -2.89. The van der Waals surface area contributed by atoms with Crippen LogP contribution in [0.15, 0.2) is 42.5 Å². The van der Waals surface area contributed by atoms with E-state index in [1.165, 1.54) is 43.5 Å². The fourth-order valence-corrected chi connectivity index (χ4v) is 1.87. The molecule has 7 heteroatoms. The number of alkyl halides is 2. The molecular weight excluding hydrogens is 311 g/mol. The number of methoxy groups -OCH3 is 1. The van der Waals surface area contributed by atoms with Crippen LogP contribution in [0.3, 0.4) is 0 Å². The van der Waals surface area contributed by atoms with Crippen molar-refractivity contribution in [2.24, 2.45) is 0 Å². The molecular formula is C16H14F3NO3. The minimum absolute atomic E-state index is 0.0243. The molecule has 0 radical (unpaired) electrons. The molecule has 0 saturated carbocycles. The maximum Gasteiger partial charge on any atom is 0.387 e. The number of carbonyl (C=O) groups is 1. The number of carbonyl (C=O) groups excluding carboxylic acids is 1. The number of ether oxygens (including phenoxy) is 2. The van der Waals surface area contributed by atoms with Gasteiger partial charge in [-0.05, 0) is 29.8 Å². The van der Waals surface area contributed by atoms with E-state index in [4.69, 9.17) is 4.74 Å². The van der Waals surface area contributed by atoms with Gasteiger partial charge < -0.3 is 14.8 Å². The predicted molar refractivity (Wildman–Crippen MR) is 77.2 cm³/mol. The van der Waals surface area contributed by atoms with Gasteiger partial charge in [-0.3, -0.25) is 4.79 Å². The number of hydrogen-bond donors (Lipinski definition) is 1. The van der Waals surface area contributed by atoms with E-state index in [1.807, 2.05) is 0 Å². The second-order valence-electron chi connectivity index (χ2n) is 4.55. The molecule has 0 bridgehead atoms. The summed E-state index contributed by atoms with van der Waals surface area (Å²) in [5.74, 6) is -0.939. The van der Waals surface area contributed by atoms with Crippen LogP contribution in [0, 0.1) is 5.82 Å². The fourth-order valence-electron chi connectivity index (χ4n) is 1.87. The lowest BCUT2D eigenvalue weighted by atomic mass is 10.1. The highest BCUT2D eigenvalue weighted by atomic mass is 19.3. The van der Waals surface area contributed by atoms with Gasteiger partial charge in [-0.2, -0.15) is 8.78 Å². The van der Waals surface area contributed by atoms with Crippen molar-refractivity contribution >= 4 is 5.91 Å². The number of rotatable bonds is 6. The molecule has 2 rings (SSSR count). The molecule has 0 aliphatic carbocycles. The average molecular weight is 325 g/mol. The van der Waals surface area contributed by atoms with Crippen molar-refractivity contribution in [1.29, 1.82) is 0 Å². The van der Waals surface area contributed by atoms with Crippen LogP contribution in [0.1, 0.15) is 15.9 Å². The summed E-state index contributed by atoms with van der Waals surface area (Å²) in [6, 6.07) is 9.71. The molecule has 0 saturated heterocycles. The first-order chi connectivity index (χ1) is 11.0. The van der Waals surface area contributed by atoms with Crippen molar-refractivity contribution in [3.63, 3.8) is 0 Å². The number of hydrogen-bond acceptors (Lipinski definition) is 3. The third-order valence-electron chi connectivity index (χ3n) is 3.02. The van der Waals surface area contributed by atoms with Gasteiger partial charge in [0.05, 0.1) is 12.7 Å². The summed E-state index contributed by atoms with van der Waals surface area (Å²) in [7, 11) is 1.40. The SMILES string of the molecule is COc1ccc(C(=O)NCc2ccc(OC(F)F)cc2)c(F)c1. The Morgan fingerprint density at radius 1 is 1.13 bits per heavy atom. The van der Waals surface area contributed by atoms with Gasteiger partial charge in [0.1, 0.15) is 17.3 Å². The van der Waals surface area contributed by atoms with Crippen molar-refractivity contribution in [2.75, 3.05) is 7.11 Å². The molecule has 0 heterocycles. The van der Waals surface area contributed by atoms with E-state index in [0.29, 0.717) is 11.3 Å². The molecule has 0 aliphatic heterocycles. The second kappa shape index (κ2) is 7.53. The lowest BCUT2D eigenvalue weighted by Gasteiger charge is -2.08. The molecule has 0 aliphatic rings. The van der Waals surface area contributed by atoms with Gasteiger partial charge in [0.15, 0.2) is 0 Å². The minimum Gasteiger partial charge on any atom is -0.497 e. The second-order valence-corrected chi connectivity index (χ2v) is 4.55. The molecule has 23 heavy (non-hydrogen) atoms. The molecule has 2 aromatic carbocycles. The first-order valence-electron chi connectivity index (χ1n) is 6.65. The van der Waals surface area contributed by atoms with Crippen molar-refractivity contribution < 1.29 is 27.4 Å². The Labute approximate surface area is 130 Å². The van der Waals surface area contributed by atoms with Crippen LogP contribution >= 0.6 is 0 Å². The van der Waals surface area contributed by atoms with Gasteiger partial charge in [0.25, 0.3) is 5.91 Å². The first-order valence-corrected chi connectivity index (χ1v) is 6.65. The number of nitrogens with one attached hydrogen (secondary N) is 1. The monoisotopic (exact) mass is 325 g/mol. The largest absolute Gasteiger partial charge is 0.497 e. The van der Waals surface area contributed by atoms with E-state index < -0.39 is 18.3 Å². The van der Waals surface area contributed by atoms with E-state index in [0.717, 1.165) is 6.07 Å². The average Bonchev–Trinajstić information content (AvgIpc) is 2.53. The van der Waals surface area contributed by atoms with Crippen LogP contribution in [0.5, 0.6) is 11.5 Å². The van der Waals surface area contributed by atoms with E-state index in [9.17, 15) is 18.0 Å². The lowest BCUT2D eigenvalue weighted by molar-refractivity contribution is -0.0498. The van der Waals surface area contributed by atoms with Crippen LogP contribution < -0.4 is 14.8 Å². The third kappa shape index (κ3) is 4.64. The zero-order valence-corrected chi connectivity index (χ0v) is 12.2. The zero-order chi connectivity index (χ0) is 16.8. The Bertz CT molecular complexity index is 675. The van der Waals surface area contributed by atoms with E-state index in [1.54, 1.807) is 0 Å². The molecule has 0 fully saturated rings. The van der Waals surface area contributed by atoms with Crippen LogP contribution in [0.2, 0.25) is 0 Å². The van der Waals surface area contributed by atoms with Crippen molar-refractivity contribution in [3.05, 3.63) is 59.4 Å². The van der Waals surface area contributed by atoms with Crippen LogP contribution in [0.4, 0.5) is 13.2 Å². The van der Waals surface area contributed by atoms with E-state index in [-0.39, 0.29) is 17.9 Å². The number of benzene rings is 2. The molecule has 0 atom stereocenters. The Hall–Kier alpha value is -2.70. The molecule has 0 spiro atoms. The molecule has 4 nitrogen and oxygen atoms in total. The smallest absolute Gasteiger partial charge is 0.387 e. The van der Waals surface area contributed by atoms with Crippen molar-refractivity contribution in [3.8, 4) is 11.5 Å². The topological polar surface area (TPSA) is 47.6 Å². The van der Waals surface area contributed by atoms with Gasteiger partial charge in [0, 0.05) is 12.6 Å². The van der Waals surface area contributed by atoms with Gasteiger partial charge in [-0.25, -0.2) is 4.39 Å². The summed E-state index contributed by atoms with van der Waals surface area (Å²) >= 11 is 0. The summed E-state index contributed by atoms with van der Waals surface area (Å²) < 4.78 is 46.9. The van der Waals surface area contributed by atoms with Crippen LogP contribution in [-0.2, 0) is 6.54 Å². The summed E-state index contributed by atoms with van der Waals surface area (Å²) in [4.78, 5) is 11.9. The zero-order valence-electron chi connectivity index (χ0n) is 12.2. The molecule has 1 amide bonds. The van der Waals surface area contributed by atoms with E-state index >= 15 is 0 Å². The maximum absolute atomic E-state index is 13.8. The first kappa shape index (κ1) is 16.7. The summed E-state index contributed by atoms with van der Waals surface area (Å²) in [5.41, 5.74) is 0.553. The number of halogens is 3. The van der Waals surface area contributed by atoms with Gasteiger partial charge in [-0.15, -0.1) is 0 Å². The Kier molecular flexibility index (Phi) is 5.46. The summed E-state index contributed by atoms with van der Waals surface area (Å²) in [6.07, 6.45) is 0. The Morgan fingerprint density at radius 2 is 1.78 bits per heavy atom. The van der Waals surface area contributed by atoms with Crippen molar-refractivity contribution in [1.82, 2.24) is 5.32 Å². The Morgan fingerprint density at radius 3 is 2.35 bits per heavy atom. The van der Waals surface area contributed by atoms with Crippen LogP contribution in [0.25, 0.3) is 0 Å². The molecule has 122 valence electrons. The predicted octanol–water partition coefficient (Wildman–Crippen LogP) is 3.37. The molecule has 0 unspecified atom stereocenters. The lowest BCUT2D eigenvalue weighted by Crippen LogP contribution is -2.23. The van der Waals surface area contributed by atoms with Crippen LogP contribution in [-0.4, -0.2) is 19.6 Å².